The van der Waals surface area contributed by atoms with Gasteiger partial charge < -0.3 is 10.4 Å². The van der Waals surface area contributed by atoms with Gasteiger partial charge in [0.25, 0.3) is 0 Å². The average Bonchev–Trinajstić information content (AvgIpc) is 2.75. The summed E-state index contributed by atoms with van der Waals surface area (Å²) in [5, 5.41) is 11.4. The number of amides is 1. The Balaban J connectivity index is 2.38. The number of carbonyl (C=O) groups is 2. The van der Waals surface area contributed by atoms with Gasteiger partial charge in [0.15, 0.2) is 0 Å². The van der Waals surface area contributed by atoms with E-state index in [1.807, 2.05) is 0 Å². The molecular formula is C12H17NO3S2. The molecule has 0 aliphatic rings. The molecule has 1 unspecified atom stereocenters. The van der Waals surface area contributed by atoms with Crippen molar-refractivity contribution in [3.8, 4) is 0 Å². The van der Waals surface area contributed by atoms with Crippen LogP contribution in [0.25, 0.3) is 0 Å². The Morgan fingerprint density at radius 2 is 2.11 bits per heavy atom. The minimum Gasteiger partial charge on any atom is -0.480 e. The number of thiophene rings is 1. The van der Waals surface area contributed by atoms with Gasteiger partial charge in [-0.05, 0) is 18.6 Å². The monoisotopic (exact) mass is 287 g/mol. The number of aliphatic carboxylic acids is 1. The number of carboxylic acid groups (broad SMARTS) is 1. The number of thioether (sulfide) groups is 1. The number of nitrogens with one attached hydrogen (secondary N) is 1. The fourth-order valence-electron chi connectivity index (χ4n) is 1.39. The van der Waals surface area contributed by atoms with Crippen LogP contribution >= 0.6 is 23.1 Å². The summed E-state index contributed by atoms with van der Waals surface area (Å²) in [5.41, 5.74) is 0. The van der Waals surface area contributed by atoms with Gasteiger partial charge in [-0.15, -0.1) is 11.3 Å². The zero-order valence-corrected chi connectivity index (χ0v) is 12.1. The largest absolute Gasteiger partial charge is 0.480 e. The second-order valence-corrected chi connectivity index (χ2v) is 6.11. The first-order chi connectivity index (χ1) is 8.52. The first-order valence-corrected chi connectivity index (χ1v) is 7.65. The van der Waals surface area contributed by atoms with Crippen molar-refractivity contribution >= 4 is 35.0 Å². The molecule has 0 aliphatic heterocycles. The van der Waals surface area contributed by atoms with Crippen LogP contribution in [0.15, 0.2) is 12.1 Å². The molecule has 0 aliphatic carbocycles. The van der Waals surface area contributed by atoms with Gasteiger partial charge in [0.1, 0.15) is 6.04 Å². The molecule has 1 heterocycles. The highest BCUT2D eigenvalue weighted by molar-refractivity contribution is 7.98. The molecule has 1 aromatic rings. The standard InChI is InChI=1S/C12H17NO3S2/c1-3-9-4-5-10(18-9)6-17-7-11(12(15)16)13-8(2)14/h4-5,11H,3,6-7H2,1-2H3,(H,13,14)(H,15,16). The summed E-state index contributed by atoms with van der Waals surface area (Å²) in [6, 6.07) is 3.37. The molecule has 0 fully saturated rings. The second-order valence-electron chi connectivity index (χ2n) is 3.83. The fraction of sp³-hybridized carbons (Fsp3) is 0.500. The van der Waals surface area contributed by atoms with Gasteiger partial charge in [0.05, 0.1) is 0 Å². The first kappa shape index (κ1) is 15.0. The Labute approximate surface area is 115 Å². The Morgan fingerprint density at radius 1 is 1.44 bits per heavy atom. The molecule has 2 N–H and O–H groups in total. The fourth-order valence-corrected chi connectivity index (χ4v) is 3.50. The van der Waals surface area contributed by atoms with Crippen LogP contribution in [0.4, 0.5) is 0 Å². The van der Waals surface area contributed by atoms with E-state index in [0.717, 1.165) is 12.2 Å². The van der Waals surface area contributed by atoms with Crippen LogP contribution < -0.4 is 5.32 Å². The summed E-state index contributed by atoms with van der Waals surface area (Å²) < 4.78 is 0. The topological polar surface area (TPSA) is 66.4 Å². The number of carboxylic acids is 1. The number of rotatable bonds is 7. The molecular weight excluding hydrogens is 270 g/mol. The Morgan fingerprint density at radius 3 is 2.61 bits per heavy atom. The summed E-state index contributed by atoms with van der Waals surface area (Å²) in [5.74, 6) is -0.131. The minimum atomic E-state index is -0.988. The molecule has 0 radical (unpaired) electrons. The second kappa shape index (κ2) is 7.43. The molecule has 1 rings (SSSR count). The van der Waals surface area contributed by atoms with Crippen LogP contribution in [-0.2, 0) is 21.8 Å². The molecule has 0 aromatic carbocycles. The Bertz CT molecular complexity index is 417. The Hall–Kier alpha value is -1.01. The lowest BCUT2D eigenvalue weighted by molar-refractivity contribution is -0.140. The van der Waals surface area contributed by atoms with Crippen LogP contribution in [0.2, 0.25) is 0 Å². The van der Waals surface area contributed by atoms with Crippen molar-refractivity contribution in [1.82, 2.24) is 5.32 Å². The van der Waals surface area contributed by atoms with E-state index in [9.17, 15) is 9.59 Å². The van der Waals surface area contributed by atoms with Gasteiger partial charge >= 0.3 is 5.97 Å². The normalized spacial score (nSPS) is 12.1. The van der Waals surface area contributed by atoms with E-state index in [2.05, 4.69) is 24.4 Å². The van der Waals surface area contributed by atoms with Crippen molar-refractivity contribution in [3.05, 3.63) is 21.9 Å². The molecule has 0 saturated heterocycles. The zero-order chi connectivity index (χ0) is 13.5. The maximum Gasteiger partial charge on any atom is 0.327 e. The van der Waals surface area contributed by atoms with Crippen LogP contribution in [0, 0.1) is 0 Å². The average molecular weight is 287 g/mol. The molecule has 18 heavy (non-hydrogen) atoms. The highest BCUT2D eigenvalue weighted by Gasteiger charge is 2.18. The lowest BCUT2D eigenvalue weighted by atomic mass is 10.3. The number of hydrogen-bond acceptors (Lipinski definition) is 4. The van der Waals surface area contributed by atoms with Gasteiger partial charge in [-0.3, -0.25) is 4.79 Å². The van der Waals surface area contributed by atoms with Gasteiger partial charge in [-0.2, -0.15) is 11.8 Å². The van der Waals surface area contributed by atoms with Crippen LogP contribution in [0.1, 0.15) is 23.6 Å². The molecule has 1 aromatic heterocycles. The van der Waals surface area contributed by atoms with Gasteiger partial charge in [-0.1, -0.05) is 6.92 Å². The summed E-state index contributed by atoms with van der Waals surface area (Å²) in [6.07, 6.45) is 1.03. The molecule has 0 bridgehead atoms. The maximum absolute atomic E-state index is 10.9. The number of carbonyl (C=O) groups excluding carboxylic acids is 1. The SMILES string of the molecule is CCc1ccc(CSCC(NC(C)=O)C(=O)O)s1. The number of hydrogen-bond donors (Lipinski definition) is 2. The van der Waals surface area contributed by atoms with E-state index in [-0.39, 0.29) is 5.91 Å². The molecule has 4 nitrogen and oxygen atoms in total. The summed E-state index contributed by atoms with van der Waals surface area (Å²) >= 11 is 3.27. The molecule has 1 amide bonds. The Kier molecular flexibility index (Phi) is 6.21. The third-order valence-electron chi connectivity index (χ3n) is 2.27. The van der Waals surface area contributed by atoms with E-state index >= 15 is 0 Å². The van der Waals surface area contributed by atoms with Crippen LogP contribution in [0.5, 0.6) is 0 Å². The lowest BCUT2D eigenvalue weighted by Gasteiger charge is -2.12. The highest BCUT2D eigenvalue weighted by Crippen LogP contribution is 2.22. The van der Waals surface area contributed by atoms with E-state index < -0.39 is 12.0 Å². The van der Waals surface area contributed by atoms with E-state index in [0.29, 0.717) is 5.75 Å². The predicted molar refractivity (Wildman–Crippen MR) is 75.1 cm³/mol. The number of aryl methyl sites for hydroxylation is 1. The molecule has 0 saturated carbocycles. The van der Waals surface area contributed by atoms with E-state index in [4.69, 9.17) is 5.11 Å². The van der Waals surface area contributed by atoms with E-state index in [1.54, 1.807) is 11.3 Å². The van der Waals surface area contributed by atoms with Crippen molar-refractivity contribution < 1.29 is 14.7 Å². The van der Waals surface area contributed by atoms with Crippen molar-refractivity contribution in [2.45, 2.75) is 32.1 Å². The molecule has 1 atom stereocenters. The van der Waals surface area contributed by atoms with Crippen LogP contribution in [-0.4, -0.2) is 28.8 Å². The van der Waals surface area contributed by atoms with Crippen molar-refractivity contribution in [3.63, 3.8) is 0 Å². The van der Waals surface area contributed by atoms with Gasteiger partial charge in [-0.25, -0.2) is 4.79 Å². The predicted octanol–water partition coefficient (Wildman–Crippen LogP) is 2.13. The zero-order valence-electron chi connectivity index (χ0n) is 10.4. The van der Waals surface area contributed by atoms with Crippen molar-refractivity contribution in [2.24, 2.45) is 0 Å². The molecule has 0 spiro atoms. The third-order valence-corrected chi connectivity index (χ3v) is 4.77. The van der Waals surface area contributed by atoms with E-state index in [1.165, 1.54) is 28.4 Å². The summed E-state index contributed by atoms with van der Waals surface area (Å²) in [6.45, 7) is 3.44. The van der Waals surface area contributed by atoms with Gasteiger partial charge in [0.2, 0.25) is 5.91 Å². The van der Waals surface area contributed by atoms with Crippen molar-refractivity contribution in [1.29, 1.82) is 0 Å². The molecule has 100 valence electrons. The first-order valence-electron chi connectivity index (χ1n) is 5.68. The third kappa shape index (κ3) is 5.10. The quantitative estimate of drug-likeness (QED) is 0.806. The van der Waals surface area contributed by atoms with Gasteiger partial charge in [0, 0.05) is 28.2 Å². The lowest BCUT2D eigenvalue weighted by Crippen LogP contribution is -2.41. The van der Waals surface area contributed by atoms with Crippen LogP contribution in [0.3, 0.4) is 0 Å². The minimum absolute atomic E-state index is 0.313. The maximum atomic E-state index is 10.9. The summed E-state index contributed by atoms with van der Waals surface area (Å²) in [4.78, 5) is 24.3. The summed E-state index contributed by atoms with van der Waals surface area (Å²) in [7, 11) is 0. The smallest absolute Gasteiger partial charge is 0.327 e. The highest BCUT2D eigenvalue weighted by atomic mass is 32.2. The molecule has 6 heteroatoms. The van der Waals surface area contributed by atoms with Crippen molar-refractivity contribution in [2.75, 3.05) is 5.75 Å².